The van der Waals surface area contributed by atoms with Crippen molar-refractivity contribution in [2.24, 2.45) is 0 Å². The zero-order valence-corrected chi connectivity index (χ0v) is 12.6. The summed E-state index contributed by atoms with van der Waals surface area (Å²) in [6.45, 7) is 0. The third-order valence-corrected chi connectivity index (χ3v) is 4.19. The Labute approximate surface area is 129 Å². The van der Waals surface area contributed by atoms with Gasteiger partial charge in [-0.15, -0.1) is 0 Å². The summed E-state index contributed by atoms with van der Waals surface area (Å²) in [4.78, 5) is 24.8. The minimum atomic E-state index is -0.767. The molecular weight excluding hydrogens is 282 g/mol. The molecule has 22 heavy (non-hydrogen) atoms. The molecule has 0 atom stereocenters. The number of hydrogen-bond donors (Lipinski definition) is 1. The SMILES string of the molecule is COC(=O)C1=C(c2ccccc2)C(=O)NC2(CCCCC2)O1. The molecular formula is C17H19NO4. The summed E-state index contributed by atoms with van der Waals surface area (Å²) in [6, 6.07) is 9.04. The molecule has 1 aromatic rings. The molecule has 5 heteroatoms. The Morgan fingerprint density at radius 1 is 1.18 bits per heavy atom. The van der Waals surface area contributed by atoms with E-state index in [9.17, 15) is 9.59 Å². The first-order chi connectivity index (χ1) is 10.7. The Balaban J connectivity index is 2.06. The summed E-state index contributed by atoms with van der Waals surface area (Å²) in [6.07, 6.45) is 4.47. The molecule has 1 aliphatic heterocycles. The Morgan fingerprint density at radius 3 is 2.50 bits per heavy atom. The zero-order chi connectivity index (χ0) is 15.6. The van der Waals surface area contributed by atoms with Crippen molar-refractivity contribution in [1.82, 2.24) is 5.32 Å². The van der Waals surface area contributed by atoms with Gasteiger partial charge in [-0.1, -0.05) is 36.8 Å². The minimum absolute atomic E-state index is 0.0133. The van der Waals surface area contributed by atoms with Gasteiger partial charge >= 0.3 is 5.97 Å². The lowest BCUT2D eigenvalue weighted by Crippen LogP contribution is -2.55. The molecule has 1 aromatic carbocycles. The quantitative estimate of drug-likeness (QED) is 0.852. The molecule has 0 aromatic heterocycles. The Morgan fingerprint density at radius 2 is 1.86 bits per heavy atom. The van der Waals surface area contributed by atoms with Gasteiger partial charge in [0.1, 0.15) is 0 Å². The average Bonchev–Trinajstić information content (AvgIpc) is 2.55. The fraction of sp³-hybridized carbons (Fsp3) is 0.412. The molecule has 0 bridgehead atoms. The highest BCUT2D eigenvalue weighted by atomic mass is 16.6. The molecule has 0 saturated heterocycles. The smallest absolute Gasteiger partial charge is 0.374 e. The summed E-state index contributed by atoms with van der Waals surface area (Å²) >= 11 is 0. The molecule has 1 amide bonds. The highest BCUT2D eigenvalue weighted by molar-refractivity contribution is 6.25. The first-order valence-electron chi connectivity index (χ1n) is 7.55. The van der Waals surface area contributed by atoms with E-state index < -0.39 is 11.7 Å². The van der Waals surface area contributed by atoms with Gasteiger partial charge in [-0.25, -0.2) is 4.79 Å². The first kappa shape index (κ1) is 14.6. The van der Waals surface area contributed by atoms with Crippen molar-refractivity contribution >= 4 is 17.4 Å². The average molecular weight is 301 g/mol. The van der Waals surface area contributed by atoms with Crippen LogP contribution in [-0.2, 0) is 19.1 Å². The van der Waals surface area contributed by atoms with Crippen LogP contribution in [0, 0.1) is 0 Å². The van der Waals surface area contributed by atoms with Crippen LogP contribution in [0.1, 0.15) is 37.7 Å². The lowest BCUT2D eigenvalue weighted by Gasteiger charge is -2.41. The van der Waals surface area contributed by atoms with Gasteiger partial charge in [0.15, 0.2) is 5.72 Å². The van der Waals surface area contributed by atoms with E-state index in [1.54, 1.807) is 12.1 Å². The normalized spacial score (nSPS) is 20.3. The van der Waals surface area contributed by atoms with Crippen LogP contribution in [0.3, 0.4) is 0 Å². The van der Waals surface area contributed by atoms with Crippen molar-refractivity contribution in [3.8, 4) is 0 Å². The molecule has 2 aliphatic rings. The van der Waals surface area contributed by atoms with Gasteiger partial charge in [-0.2, -0.15) is 0 Å². The van der Waals surface area contributed by atoms with Gasteiger partial charge in [-0.05, 0) is 18.4 Å². The van der Waals surface area contributed by atoms with E-state index in [0.717, 1.165) is 19.3 Å². The Bertz CT molecular complexity index is 615. The Hall–Kier alpha value is -2.30. The van der Waals surface area contributed by atoms with Crippen LogP contribution >= 0.6 is 0 Å². The lowest BCUT2D eigenvalue weighted by atomic mass is 9.89. The second kappa shape index (κ2) is 5.83. The molecule has 1 spiro atoms. The van der Waals surface area contributed by atoms with E-state index in [1.807, 2.05) is 18.2 Å². The zero-order valence-electron chi connectivity index (χ0n) is 12.6. The van der Waals surface area contributed by atoms with Crippen molar-refractivity contribution in [1.29, 1.82) is 0 Å². The van der Waals surface area contributed by atoms with E-state index in [1.165, 1.54) is 7.11 Å². The number of nitrogens with one attached hydrogen (secondary N) is 1. The van der Waals surface area contributed by atoms with Gasteiger partial charge in [0.25, 0.3) is 5.91 Å². The molecule has 5 nitrogen and oxygen atoms in total. The van der Waals surface area contributed by atoms with Crippen molar-refractivity contribution in [3.05, 3.63) is 41.7 Å². The topological polar surface area (TPSA) is 64.6 Å². The van der Waals surface area contributed by atoms with Gasteiger partial charge in [0.2, 0.25) is 5.76 Å². The van der Waals surface area contributed by atoms with Gasteiger partial charge < -0.3 is 14.8 Å². The number of carbonyl (C=O) groups is 2. The summed E-state index contributed by atoms with van der Waals surface area (Å²) in [5.74, 6) is -0.877. The van der Waals surface area contributed by atoms with Gasteiger partial charge in [0.05, 0.1) is 12.7 Å². The summed E-state index contributed by atoms with van der Waals surface area (Å²) in [7, 11) is 1.29. The molecule has 1 fully saturated rings. The van der Waals surface area contributed by atoms with Crippen molar-refractivity contribution in [2.75, 3.05) is 7.11 Å². The summed E-state index contributed by atoms with van der Waals surface area (Å²) < 4.78 is 10.8. The predicted octanol–water partition coefficient (Wildman–Crippen LogP) is 2.38. The highest BCUT2D eigenvalue weighted by Gasteiger charge is 2.44. The van der Waals surface area contributed by atoms with Crippen LogP contribution < -0.4 is 5.32 Å². The largest absolute Gasteiger partial charge is 0.463 e. The van der Waals surface area contributed by atoms with E-state index in [2.05, 4.69) is 5.32 Å². The maximum absolute atomic E-state index is 12.6. The van der Waals surface area contributed by atoms with Crippen LogP contribution in [0.15, 0.2) is 36.1 Å². The molecule has 1 N–H and O–H groups in total. The molecule has 1 heterocycles. The summed E-state index contributed by atoms with van der Waals surface area (Å²) in [5.41, 5.74) is 0.117. The fourth-order valence-electron chi connectivity index (χ4n) is 3.10. The van der Waals surface area contributed by atoms with E-state index >= 15 is 0 Å². The number of methoxy groups -OCH3 is 1. The second-order valence-corrected chi connectivity index (χ2v) is 5.67. The van der Waals surface area contributed by atoms with E-state index in [0.29, 0.717) is 18.4 Å². The van der Waals surface area contributed by atoms with E-state index in [4.69, 9.17) is 9.47 Å². The number of ether oxygens (including phenoxy) is 2. The lowest BCUT2D eigenvalue weighted by molar-refractivity contribution is -0.152. The molecule has 1 aliphatic carbocycles. The maximum atomic E-state index is 12.6. The van der Waals surface area contributed by atoms with Gasteiger partial charge in [-0.3, -0.25) is 4.79 Å². The third kappa shape index (κ3) is 2.58. The molecule has 116 valence electrons. The molecule has 0 radical (unpaired) electrons. The number of benzene rings is 1. The number of esters is 1. The number of hydrogen-bond acceptors (Lipinski definition) is 4. The Kier molecular flexibility index (Phi) is 3.88. The summed E-state index contributed by atoms with van der Waals surface area (Å²) in [5, 5.41) is 2.96. The standard InChI is InChI=1S/C17H19NO4/c1-21-16(20)14-13(12-8-4-2-5-9-12)15(19)18-17(22-14)10-6-3-7-11-17/h2,4-5,8-9H,3,6-7,10-11H2,1H3,(H,18,19). The number of amides is 1. The predicted molar refractivity (Wildman–Crippen MR) is 80.4 cm³/mol. The molecule has 1 saturated carbocycles. The van der Waals surface area contributed by atoms with Crippen LogP contribution in [0.25, 0.3) is 5.57 Å². The van der Waals surface area contributed by atoms with E-state index in [-0.39, 0.29) is 17.2 Å². The van der Waals surface area contributed by atoms with Crippen molar-refractivity contribution < 1.29 is 19.1 Å². The first-order valence-corrected chi connectivity index (χ1v) is 7.55. The van der Waals surface area contributed by atoms with Crippen molar-refractivity contribution in [3.63, 3.8) is 0 Å². The monoisotopic (exact) mass is 301 g/mol. The van der Waals surface area contributed by atoms with Crippen LogP contribution in [-0.4, -0.2) is 24.7 Å². The third-order valence-electron chi connectivity index (χ3n) is 4.19. The van der Waals surface area contributed by atoms with Crippen LogP contribution in [0.4, 0.5) is 0 Å². The van der Waals surface area contributed by atoms with Gasteiger partial charge in [0, 0.05) is 12.8 Å². The number of rotatable bonds is 2. The molecule has 0 unspecified atom stereocenters. The van der Waals surface area contributed by atoms with Crippen LogP contribution in [0.5, 0.6) is 0 Å². The van der Waals surface area contributed by atoms with Crippen LogP contribution in [0.2, 0.25) is 0 Å². The highest BCUT2D eigenvalue weighted by Crippen LogP contribution is 2.37. The molecule has 3 rings (SSSR count). The second-order valence-electron chi connectivity index (χ2n) is 5.67. The number of carbonyl (C=O) groups excluding carboxylic acids is 2. The maximum Gasteiger partial charge on any atom is 0.374 e. The van der Waals surface area contributed by atoms with Crippen molar-refractivity contribution in [2.45, 2.75) is 37.8 Å². The fourth-order valence-corrected chi connectivity index (χ4v) is 3.10. The minimum Gasteiger partial charge on any atom is -0.463 e.